The van der Waals surface area contributed by atoms with Crippen LogP contribution in [0.25, 0.3) is 0 Å². The smallest absolute Gasteiger partial charge is 0.0595 e. The molecule has 1 aliphatic rings. The Morgan fingerprint density at radius 3 is 2.78 bits per heavy atom. The molecule has 1 fully saturated rings. The van der Waals surface area contributed by atoms with Gasteiger partial charge in [0.25, 0.3) is 0 Å². The van der Waals surface area contributed by atoms with Gasteiger partial charge in [0.2, 0.25) is 0 Å². The zero-order valence-corrected chi connectivity index (χ0v) is 13.0. The molecular formula is C14H19Cl2NS. The van der Waals surface area contributed by atoms with Crippen molar-refractivity contribution in [2.24, 2.45) is 0 Å². The summed E-state index contributed by atoms with van der Waals surface area (Å²) in [5, 5.41) is 4.84. The summed E-state index contributed by atoms with van der Waals surface area (Å²) in [6.07, 6.45) is 5.82. The van der Waals surface area contributed by atoms with Gasteiger partial charge in [0, 0.05) is 12.0 Å². The van der Waals surface area contributed by atoms with E-state index in [1.54, 1.807) is 0 Å². The van der Waals surface area contributed by atoms with Crippen molar-refractivity contribution in [3.05, 3.63) is 33.8 Å². The average Bonchev–Trinajstić information content (AvgIpc) is 2.40. The van der Waals surface area contributed by atoms with Crippen molar-refractivity contribution < 1.29 is 0 Å². The monoisotopic (exact) mass is 303 g/mol. The molecule has 1 aromatic carbocycles. The molecule has 0 bridgehead atoms. The van der Waals surface area contributed by atoms with Crippen molar-refractivity contribution in [2.75, 3.05) is 25.1 Å². The fraction of sp³-hybridized carbons (Fsp3) is 0.571. The normalized spacial score (nSPS) is 24.2. The SMILES string of the molecule is CSCCC1(c2ccc(Cl)c(Cl)c2)CCCNC1. The lowest BCUT2D eigenvalue weighted by Gasteiger charge is -2.38. The molecule has 1 N–H and O–H groups in total. The first-order valence-electron chi connectivity index (χ1n) is 6.33. The van der Waals surface area contributed by atoms with Gasteiger partial charge < -0.3 is 5.32 Å². The fourth-order valence-corrected chi connectivity index (χ4v) is 3.59. The van der Waals surface area contributed by atoms with Gasteiger partial charge in [-0.05, 0) is 55.5 Å². The lowest BCUT2D eigenvalue weighted by molar-refractivity contribution is 0.305. The van der Waals surface area contributed by atoms with Gasteiger partial charge in [-0.15, -0.1) is 0 Å². The van der Waals surface area contributed by atoms with Crippen molar-refractivity contribution in [1.82, 2.24) is 5.32 Å². The minimum Gasteiger partial charge on any atom is -0.316 e. The van der Waals surface area contributed by atoms with E-state index in [1.165, 1.54) is 30.6 Å². The molecule has 0 amide bonds. The Kier molecular flexibility index (Phi) is 5.25. The third kappa shape index (κ3) is 3.16. The summed E-state index contributed by atoms with van der Waals surface area (Å²) >= 11 is 14.1. The maximum Gasteiger partial charge on any atom is 0.0595 e. The van der Waals surface area contributed by atoms with Gasteiger partial charge in [-0.3, -0.25) is 0 Å². The molecule has 1 saturated heterocycles. The summed E-state index contributed by atoms with van der Waals surface area (Å²) in [7, 11) is 0. The number of nitrogens with one attached hydrogen (secondary N) is 1. The number of halogens is 2. The number of rotatable bonds is 4. The van der Waals surface area contributed by atoms with Crippen molar-refractivity contribution in [3.63, 3.8) is 0 Å². The fourth-order valence-electron chi connectivity index (χ4n) is 2.70. The summed E-state index contributed by atoms with van der Waals surface area (Å²) in [4.78, 5) is 0. The molecule has 1 unspecified atom stereocenters. The van der Waals surface area contributed by atoms with Crippen LogP contribution in [0.5, 0.6) is 0 Å². The van der Waals surface area contributed by atoms with Gasteiger partial charge in [0.15, 0.2) is 0 Å². The minimum absolute atomic E-state index is 0.232. The van der Waals surface area contributed by atoms with Crippen LogP contribution >= 0.6 is 35.0 Å². The van der Waals surface area contributed by atoms with E-state index in [9.17, 15) is 0 Å². The topological polar surface area (TPSA) is 12.0 Å². The Morgan fingerprint density at radius 2 is 2.17 bits per heavy atom. The average molecular weight is 304 g/mol. The van der Waals surface area contributed by atoms with Crippen LogP contribution in [0.2, 0.25) is 10.0 Å². The van der Waals surface area contributed by atoms with E-state index >= 15 is 0 Å². The number of thioether (sulfide) groups is 1. The summed E-state index contributed by atoms with van der Waals surface area (Å²) < 4.78 is 0. The second kappa shape index (κ2) is 6.51. The minimum atomic E-state index is 0.232. The van der Waals surface area contributed by atoms with E-state index in [-0.39, 0.29) is 5.41 Å². The standard InChI is InChI=1S/C14H19Cl2NS/c1-18-8-6-14(5-2-7-17-10-14)11-3-4-12(15)13(16)9-11/h3-4,9,17H,2,5-8,10H2,1H3. The largest absolute Gasteiger partial charge is 0.316 e. The molecule has 1 aromatic rings. The van der Waals surface area contributed by atoms with Gasteiger partial charge in [-0.1, -0.05) is 29.3 Å². The second-order valence-corrected chi connectivity index (χ2v) is 6.73. The highest BCUT2D eigenvalue weighted by atomic mass is 35.5. The maximum absolute atomic E-state index is 6.17. The first-order chi connectivity index (χ1) is 8.68. The Morgan fingerprint density at radius 1 is 1.33 bits per heavy atom. The van der Waals surface area contributed by atoms with Crippen LogP contribution in [0.3, 0.4) is 0 Å². The van der Waals surface area contributed by atoms with Gasteiger partial charge in [-0.25, -0.2) is 0 Å². The van der Waals surface area contributed by atoms with Gasteiger partial charge in [-0.2, -0.15) is 11.8 Å². The molecule has 0 spiro atoms. The van der Waals surface area contributed by atoms with Gasteiger partial charge >= 0.3 is 0 Å². The van der Waals surface area contributed by atoms with Crippen LogP contribution < -0.4 is 5.32 Å². The van der Waals surface area contributed by atoms with E-state index in [2.05, 4.69) is 23.7 Å². The van der Waals surface area contributed by atoms with Crippen LogP contribution in [-0.2, 0) is 5.41 Å². The van der Waals surface area contributed by atoms with Crippen LogP contribution in [0.15, 0.2) is 18.2 Å². The highest BCUT2D eigenvalue weighted by Crippen LogP contribution is 2.38. The van der Waals surface area contributed by atoms with E-state index in [4.69, 9.17) is 23.2 Å². The highest BCUT2D eigenvalue weighted by molar-refractivity contribution is 7.98. The first kappa shape index (κ1) is 14.5. The molecule has 0 aliphatic carbocycles. The van der Waals surface area contributed by atoms with E-state index < -0.39 is 0 Å². The van der Waals surface area contributed by atoms with E-state index in [0.29, 0.717) is 10.0 Å². The van der Waals surface area contributed by atoms with Crippen molar-refractivity contribution in [2.45, 2.75) is 24.7 Å². The predicted octanol–water partition coefficient (Wildman–Crippen LogP) is 4.37. The van der Waals surface area contributed by atoms with Crippen LogP contribution in [0, 0.1) is 0 Å². The summed E-state index contributed by atoms with van der Waals surface area (Å²) in [6.45, 7) is 2.17. The quantitative estimate of drug-likeness (QED) is 0.886. The molecule has 2 rings (SSSR count). The lowest BCUT2D eigenvalue weighted by atomic mass is 9.73. The highest BCUT2D eigenvalue weighted by Gasteiger charge is 2.33. The molecule has 0 saturated carbocycles. The Hall–Kier alpha value is 0.110. The molecule has 1 aliphatic heterocycles. The van der Waals surface area contributed by atoms with E-state index in [1.807, 2.05) is 17.8 Å². The Balaban J connectivity index is 2.29. The summed E-state index contributed by atoms with van der Waals surface area (Å²) in [5.41, 5.74) is 1.56. The summed E-state index contributed by atoms with van der Waals surface area (Å²) in [6, 6.07) is 6.12. The lowest BCUT2D eigenvalue weighted by Crippen LogP contribution is -2.43. The Bertz CT molecular complexity index is 403. The second-order valence-electron chi connectivity index (χ2n) is 4.93. The van der Waals surface area contributed by atoms with Crippen molar-refractivity contribution >= 4 is 35.0 Å². The number of hydrogen-bond donors (Lipinski definition) is 1. The van der Waals surface area contributed by atoms with Gasteiger partial charge in [0.1, 0.15) is 0 Å². The molecular weight excluding hydrogens is 285 g/mol. The molecule has 1 atom stereocenters. The molecule has 1 nitrogen and oxygen atoms in total. The van der Waals surface area contributed by atoms with Gasteiger partial charge in [0.05, 0.1) is 10.0 Å². The predicted molar refractivity (Wildman–Crippen MR) is 83.2 cm³/mol. The zero-order chi connectivity index (χ0) is 13.0. The third-order valence-corrected chi connectivity index (χ3v) is 5.14. The number of benzene rings is 1. The zero-order valence-electron chi connectivity index (χ0n) is 10.6. The van der Waals surface area contributed by atoms with E-state index in [0.717, 1.165) is 13.1 Å². The van der Waals surface area contributed by atoms with Crippen LogP contribution in [-0.4, -0.2) is 25.1 Å². The molecule has 18 heavy (non-hydrogen) atoms. The number of piperidine rings is 1. The van der Waals surface area contributed by atoms with Crippen LogP contribution in [0.4, 0.5) is 0 Å². The Labute approximate surface area is 124 Å². The van der Waals surface area contributed by atoms with Crippen molar-refractivity contribution in [3.8, 4) is 0 Å². The molecule has 1 heterocycles. The molecule has 4 heteroatoms. The summed E-state index contributed by atoms with van der Waals surface area (Å²) in [5.74, 6) is 1.18. The third-order valence-electron chi connectivity index (χ3n) is 3.79. The molecule has 0 radical (unpaired) electrons. The maximum atomic E-state index is 6.17. The molecule has 0 aromatic heterocycles. The number of hydrogen-bond acceptors (Lipinski definition) is 2. The van der Waals surface area contributed by atoms with Crippen molar-refractivity contribution in [1.29, 1.82) is 0 Å². The van der Waals surface area contributed by atoms with Crippen LogP contribution in [0.1, 0.15) is 24.8 Å². The molecule has 100 valence electrons. The first-order valence-corrected chi connectivity index (χ1v) is 8.48.